The van der Waals surface area contributed by atoms with E-state index in [1.165, 1.54) is 24.0 Å². The number of hydrogen-bond donors (Lipinski definition) is 1. The Balaban J connectivity index is 1.29. The molecule has 2 amide bonds. The van der Waals surface area contributed by atoms with Gasteiger partial charge in [0.05, 0.1) is 5.69 Å². The van der Waals surface area contributed by atoms with Gasteiger partial charge < -0.3 is 15.1 Å². The fourth-order valence-electron chi connectivity index (χ4n) is 3.85. The SMILES string of the molecule is CCCCc1ccc(NC(=O)N2CCN(c3ccc(-c4ccc(C)cc4)nn3)CC2)cc1. The average molecular weight is 430 g/mol. The molecule has 32 heavy (non-hydrogen) atoms. The van der Waals surface area contributed by atoms with Crippen molar-refractivity contribution in [3.05, 3.63) is 71.8 Å². The zero-order valence-electron chi connectivity index (χ0n) is 18.9. The molecule has 0 saturated carbocycles. The van der Waals surface area contributed by atoms with Crippen LogP contribution in [0.2, 0.25) is 0 Å². The van der Waals surface area contributed by atoms with Crippen molar-refractivity contribution in [2.45, 2.75) is 33.1 Å². The number of anilines is 2. The maximum absolute atomic E-state index is 12.7. The Labute approximate surface area is 190 Å². The Bertz CT molecular complexity index is 1010. The number of hydrogen-bond acceptors (Lipinski definition) is 4. The van der Waals surface area contributed by atoms with Crippen LogP contribution in [0.1, 0.15) is 30.9 Å². The average Bonchev–Trinajstić information content (AvgIpc) is 2.84. The summed E-state index contributed by atoms with van der Waals surface area (Å²) in [5.74, 6) is 0.851. The van der Waals surface area contributed by atoms with Crippen LogP contribution < -0.4 is 10.2 Å². The third-order valence-electron chi connectivity index (χ3n) is 5.91. The number of amides is 2. The normalized spacial score (nSPS) is 13.8. The first-order valence-corrected chi connectivity index (χ1v) is 11.4. The zero-order chi connectivity index (χ0) is 22.3. The van der Waals surface area contributed by atoms with E-state index in [2.05, 4.69) is 70.7 Å². The third kappa shape index (κ3) is 5.44. The van der Waals surface area contributed by atoms with E-state index < -0.39 is 0 Å². The lowest BCUT2D eigenvalue weighted by molar-refractivity contribution is 0.208. The molecule has 2 aromatic carbocycles. The molecule has 4 rings (SSSR count). The summed E-state index contributed by atoms with van der Waals surface area (Å²) in [6, 6.07) is 20.4. The molecule has 6 heteroatoms. The predicted molar refractivity (Wildman–Crippen MR) is 130 cm³/mol. The Morgan fingerprint density at radius 1 is 0.906 bits per heavy atom. The van der Waals surface area contributed by atoms with E-state index in [9.17, 15) is 4.79 Å². The number of rotatable bonds is 6. The first-order valence-electron chi connectivity index (χ1n) is 11.4. The molecular formula is C26H31N5O. The van der Waals surface area contributed by atoms with Gasteiger partial charge in [-0.05, 0) is 49.6 Å². The molecule has 1 fully saturated rings. The smallest absolute Gasteiger partial charge is 0.321 e. The number of nitrogens with zero attached hydrogens (tertiary/aromatic N) is 4. The van der Waals surface area contributed by atoms with Gasteiger partial charge in [-0.25, -0.2) is 4.79 Å². The molecule has 166 valence electrons. The molecule has 1 saturated heterocycles. The van der Waals surface area contributed by atoms with Crippen molar-refractivity contribution in [1.82, 2.24) is 15.1 Å². The van der Waals surface area contributed by atoms with Crippen LogP contribution >= 0.6 is 0 Å². The topological polar surface area (TPSA) is 61.4 Å². The lowest BCUT2D eigenvalue weighted by Crippen LogP contribution is -2.50. The van der Waals surface area contributed by atoms with Gasteiger partial charge in [0.15, 0.2) is 5.82 Å². The minimum Gasteiger partial charge on any atom is -0.352 e. The van der Waals surface area contributed by atoms with E-state index >= 15 is 0 Å². The van der Waals surface area contributed by atoms with Gasteiger partial charge in [0, 0.05) is 37.4 Å². The van der Waals surface area contributed by atoms with Crippen molar-refractivity contribution >= 4 is 17.5 Å². The maximum atomic E-state index is 12.7. The van der Waals surface area contributed by atoms with E-state index in [4.69, 9.17) is 0 Å². The monoisotopic (exact) mass is 429 g/mol. The van der Waals surface area contributed by atoms with Crippen LogP contribution in [0.5, 0.6) is 0 Å². The van der Waals surface area contributed by atoms with E-state index in [-0.39, 0.29) is 6.03 Å². The van der Waals surface area contributed by atoms with Crippen molar-refractivity contribution in [3.63, 3.8) is 0 Å². The van der Waals surface area contributed by atoms with E-state index in [1.54, 1.807) is 0 Å². The number of piperazine rings is 1. The van der Waals surface area contributed by atoms with Crippen molar-refractivity contribution < 1.29 is 4.79 Å². The summed E-state index contributed by atoms with van der Waals surface area (Å²) in [6.45, 7) is 7.05. The molecule has 1 N–H and O–H groups in total. The fourth-order valence-corrected chi connectivity index (χ4v) is 3.85. The van der Waals surface area contributed by atoms with Crippen molar-refractivity contribution in [2.24, 2.45) is 0 Å². The van der Waals surface area contributed by atoms with Gasteiger partial charge in [0.1, 0.15) is 0 Å². The summed E-state index contributed by atoms with van der Waals surface area (Å²) in [6.07, 6.45) is 3.46. The Morgan fingerprint density at radius 3 is 2.25 bits per heavy atom. The highest BCUT2D eigenvalue weighted by atomic mass is 16.2. The highest BCUT2D eigenvalue weighted by Crippen LogP contribution is 2.20. The fraction of sp³-hybridized carbons (Fsp3) is 0.346. The van der Waals surface area contributed by atoms with Crippen LogP contribution in [0, 0.1) is 6.92 Å². The number of unbranched alkanes of at least 4 members (excludes halogenated alkanes) is 1. The Morgan fingerprint density at radius 2 is 1.62 bits per heavy atom. The molecule has 0 radical (unpaired) electrons. The largest absolute Gasteiger partial charge is 0.352 e. The summed E-state index contributed by atoms with van der Waals surface area (Å²) in [5, 5.41) is 11.8. The van der Waals surface area contributed by atoms with Crippen molar-refractivity contribution in [1.29, 1.82) is 0 Å². The van der Waals surface area contributed by atoms with Gasteiger partial charge in [-0.1, -0.05) is 55.3 Å². The predicted octanol–water partition coefficient (Wildman–Crippen LogP) is 5.15. The summed E-state index contributed by atoms with van der Waals surface area (Å²) in [5.41, 5.74) is 5.31. The first-order chi connectivity index (χ1) is 15.6. The van der Waals surface area contributed by atoms with Crippen LogP contribution in [-0.2, 0) is 6.42 Å². The molecule has 1 aromatic heterocycles. The van der Waals surface area contributed by atoms with Crippen molar-refractivity contribution in [2.75, 3.05) is 36.4 Å². The molecule has 0 bridgehead atoms. The standard InChI is InChI=1S/C26H31N5O/c1-3-4-5-21-8-12-23(13-9-21)27-26(32)31-18-16-30(17-19-31)25-15-14-24(28-29-25)22-10-6-20(2)7-11-22/h6-15H,3-5,16-19H2,1-2H3,(H,27,32). The van der Waals surface area contributed by atoms with E-state index in [1.807, 2.05) is 29.2 Å². The molecule has 1 aliphatic heterocycles. The quantitative estimate of drug-likeness (QED) is 0.589. The third-order valence-corrected chi connectivity index (χ3v) is 5.91. The van der Waals surface area contributed by atoms with Gasteiger partial charge in [0.2, 0.25) is 0 Å². The number of benzene rings is 2. The molecule has 3 aromatic rings. The number of nitrogens with one attached hydrogen (secondary N) is 1. The van der Waals surface area contributed by atoms with E-state index in [0.717, 1.165) is 42.3 Å². The van der Waals surface area contributed by atoms with Crippen LogP contribution in [0.4, 0.5) is 16.3 Å². The van der Waals surface area contributed by atoms with Crippen LogP contribution in [0.25, 0.3) is 11.3 Å². The molecule has 2 heterocycles. The molecule has 0 spiro atoms. The lowest BCUT2D eigenvalue weighted by Gasteiger charge is -2.35. The minimum atomic E-state index is -0.0493. The Hall–Kier alpha value is -3.41. The second-order valence-corrected chi connectivity index (χ2v) is 8.35. The molecular weight excluding hydrogens is 398 g/mol. The Kier molecular flexibility index (Phi) is 7.00. The van der Waals surface area contributed by atoms with E-state index in [0.29, 0.717) is 13.1 Å². The molecule has 0 aliphatic carbocycles. The summed E-state index contributed by atoms with van der Waals surface area (Å²) in [4.78, 5) is 16.7. The number of aryl methyl sites for hydroxylation is 2. The van der Waals surface area contributed by atoms with Crippen LogP contribution in [0.3, 0.4) is 0 Å². The summed E-state index contributed by atoms with van der Waals surface area (Å²) in [7, 11) is 0. The molecule has 6 nitrogen and oxygen atoms in total. The van der Waals surface area contributed by atoms with Crippen LogP contribution in [0.15, 0.2) is 60.7 Å². The van der Waals surface area contributed by atoms with Gasteiger partial charge in [-0.3, -0.25) is 0 Å². The first kappa shape index (κ1) is 21.8. The number of urea groups is 1. The zero-order valence-corrected chi connectivity index (χ0v) is 18.9. The molecule has 0 atom stereocenters. The maximum Gasteiger partial charge on any atom is 0.321 e. The van der Waals surface area contributed by atoms with Crippen molar-refractivity contribution in [3.8, 4) is 11.3 Å². The molecule has 1 aliphatic rings. The van der Waals surface area contributed by atoms with Gasteiger partial charge >= 0.3 is 6.03 Å². The highest BCUT2D eigenvalue weighted by Gasteiger charge is 2.22. The van der Waals surface area contributed by atoms with Gasteiger partial charge in [-0.15, -0.1) is 10.2 Å². The van der Waals surface area contributed by atoms with Gasteiger partial charge in [0.25, 0.3) is 0 Å². The number of aromatic nitrogens is 2. The molecule has 0 unspecified atom stereocenters. The lowest BCUT2D eigenvalue weighted by atomic mass is 10.1. The minimum absolute atomic E-state index is 0.0493. The highest BCUT2D eigenvalue weighted by molar-refractivity contribution is 5.89. The van der Waals surface area contributed by atoms with Crippen LogP contribution in [-0.4, -0.2) is 47.3 Å². The summed E-state index contributed by atoms with van der Waals surface area (Å²) < 4.78 is 0. The van der Waals surface area contributed by atoms with Gasteiger partial charge in [-0.2, -0.15) is 0 Å². The second-order valence-electron chi connectivity index (χ2n) is 8.35. The second kappa shape index (κ2) is 10.3. The number of carbonyl (C=O) groups excluding carboxylic acids is 1. The summed E-state index contributed by atoms with van der Waals surface area (Å²) >= 11 is 0. The number of carbonyl (C=O) groups is 1.